The lowest BCUT2D eigenvalue weighted by Crippen LogP contribution is -2.32. The molecule has 0 bridgehead atoms. The predicted octanol–water partition coefficient (Wildman–Crippen LogP) is 1.35. The molecule has 4 nitrogen and oxygen atoms in total. The third-order valence-electron chi connectivity index (χ3n) is 2.86. The van der Waals surface area contributed by atoms with Crippen LogP contribution in [0.5, 0.6) is 0 Å². The molecule has 0 saturated carbocycles. The van der Waals surface area contributed by atoms with Crippen LogP contribution in [0.25, 0.3) is 0 Å². The summed E-state index contributed by atoms with van der Waals surface area (Å²) in [6.07, 6.45) is 2.19. The molecule has 20 heavy (non-hydrogen) atoms. The molecular weight excluding hydrogens is 259 g/mol. The van der Waals surface area contributed by atoms with Crippen LogP contribution >= 0.6 is 0 Å². The smallest absolute Gasteiger partial charge is 0.250 e. The molecule has 0 aliphatic carbocycles. The molecule has 0 spiro atoms. The zero-order valence-corrected chi connectivity index (χ0v) is 10.9. The lowest BCUT2D eigenvalue weighted by atomic mass is 10.1. The second-order valence-corrected chi connectivity index (χ2v) is 4.39. The van der Waals surface area contributed by atoms with Crippen LogP contribution in [0.4, 0.5) is 4.39 Å². The Kier molecular flexibility index (Phi) is 4.65. The molecule has 0 unspecified atom stereocenters. The highest BCUT2D eigenvalue weighted by Gasteiger charge is 2.03. The highest BCUT2D eigenvalue weighted by atomic mass is 19.1. The first-order valence-electron chi connectivity index (χ1n) is 6.32. The number of aromatic nitrogens is 1. The summed E-state index contributed by atoms with van der Waals surface area (Å²) in [6, 6.07) is 10.9. The van der Waals surface area contributed by atoms with Crippen molar-refractivity contribution in [3.05, 3.63) is 70.4 Å². The second kappa shape index (κ2) is 6.65. The van der Waals surface area contributed by atoms with Crippen LogP contribution in [0.1, 0.15) is 5.56 Å². The molecule has 104 valence electrons. The molecule has 2 aromatic rings. The van der Waals surface area contributed by atoms with Gasteiger partial charge in [-0.2, -0.15) is 0 Å². The van der Waals surface area contributed by atoms with Crippen molar-refractivity contribution in [2.75, 3.05) is 6.54 Å². The molecule has 1 heterocycles. The maximum absolute atomic E-state index is 12.7. The Morgan fingerprint density at radius 1 is 1.15 bits per heavy atom. The Balaban J connectivity index is 1.80. The largest absolute Gasteiger partial charge is 0.354 e. The Morgan fingerprint density at radius 2 is 1.90 bits per heavy atom. The normalized spacial score (nSPS) is 10.2. The molecule has 0 fully saturated rings. The van der Waals surface area contributed by atoms with Crippen LogP contribution in [0.2, 0.25) is 0 Å². The fourth-order valence-corrected chi connectivity index (χ4v) is 1.80. The Morgan fingerprint density at radius 3 is 2.60 bits per heavy atom. The van der Waals surface area contributed by atoms with Gasteiger partial charge in [-0.05, 0) is 30.2 Å². The van der Waals surface area contributed by atoms with Gasteiger partial charge in [0.05, 0.1) is 0 Å². The fraction of sp³-hybridized carbons (Fsp3) is 0.200. The van der Waals surface area contributed by atoms with Gasteiger partial charge in [0.1, 0.15) is 12.4 Å². The fourth-order valence-electron chi connectivity index (χ4n) is 1.80. The summed E-state index contributed by atoms with van der Waals surface area (Å²) in [4.78, 5) is 23.1. The molecule has 1 aromatic heterocycles. The highest BCUT2D eigenvalue weighted by molar-refractivity contribution is 5.75. The average molecular weight is 274 g/mol. The first-order chi connectivity index (χ1) is 9.65. The van der Waals surface area contributed by atoms with Crippen LogP contribution in [-0.4, -0.2) is 17.0 Å². The third-order valence-corrected chi connectivity index (χ3v) is 2.86. The number of benzene rings is 1. The number of hydrogen-bond donors (Lipinski definition) is 1. The number of hydrogen-bond acceptors (Lipinski definition) is 2. The molecule has 0 atom stereocenters. The maximum atomic E-state index is 12.7. The van der Waals surface area contributed by atoms with E-state index in [1.807, 2.05) is 0 Å². The molecule has 5 heteroatoms. The van der Waals surface area contributed by atoms with Crippen molar-refractivity contribution in [1.29, 1.82) is 0 Å². The van der Waals surface area contributed by atoms with E-state index in [2.05, 4.69) is 5.32 Å². The number of nitrogens with zero attached hydrogens (tertiary/aromatic N) is 1. The van der Waals surface area contributed by atoms with Crippen molar-refractivity contribution in [2.24, 2.45) is 0 Å². The molecular formula is C15H15FN2O2. The van der Waals surface area contributed by atoms with Gasteiger partial charge in [0, 0.05) is 18.8 Å². The minimum Gasteiger partial charge on any atom is -0.354 e. The number of nitrogens with one attached hydrogen (secondary N) is 1. The van der Waals surface area contributed by atoms with E-state index in [0.29, 0.717) is 13.0 Å². The zero-order valence-electron chi connectivity index (χ0n) is 10.9. The van der Waals surface area contributed by atoms with Gasteiger partial charge < -0.3 is 9.88 Å². The molecule has 0 radical (unpaired) electrons. The van der Waals surface area contributed by atoms with E-state index in [4.69, 9.17) is 0 Å². The lowest BCUT2D eigenvalue weighted by molar-refractivity contribution is -0.121. The van der Waals surface area contributed by atoms with E-state index in [1.54, 1.807) is 30.5 Å². The summed E-state index contributed by atoms with van der Waals surface area (Å²) in [5, 5.41) is 2.73. The second-order valence-electron chi connectivity index (χ2n) is 4.39. The molecule has 1 amide bonds. The number of amides is 1. The lowest BCUT2D eigenvalue weighted by Gasteiger charge is -2.07. The van der Waals surface area contributed by atoms with Crippen molar-refractivity contribution in [3.8, 4) is 0 Å². The number of pyridine rings is 1. The van der Waals surface area contributed by atoms with Gasteiger partial charge in [0.15, 0.2) is 0 Å². The van der Waals surface area contributed by atoms with Crippen LogP contribution in [0, 0.1) is 5.82 Å². The Labute approximate surface area is 115 Å². The first-order valence-corrected chi connectivity index (χ1v) is 6.32. The molecule has 0 aliphatic heterocycles. The minimum absolute atomic E-state index is 0.00307. The molecule has 0 saturated heterocycles. The topological polar surface area (TPSA) is 51.1 Å². The van der Waals surface area contributed by atoms with Gasteiger partial charge in [-0.25, -0.2) is 4.39 Å². The number of rotatable bonds is 5. The Bertz CT molecular complexity index is 635. The van der Waals surface area contributed by atoms with Gasteiger partial charge in [-0.1, -0.05) is 18.2 Å². The predicted molar refractivity (Wildman–Crippen MR) is 73.8 cm³/mol. The molecule has 1 aromatic carbocycles. The van der Waals surface area contributed by atoms with Gasteiger partial charge in [-0.3, -0.25) is 9.59 Å². The first kappa shape index (κ1) is 14.0. The van der Waals surface area contributed by atoms with Gasteiger partial charge >= 0.3 is 0 Å². The summed E-state index contributed by atoms with van der Waals surface area (Å²) < 4.78 is 14.1. The third kappa shape index (κ3) is 4.05. The standard InChI is InChI=1S/C15H15FN2O2/c16-13-6-4-12(5-7-13)8-9-17-14(19)11-18-10-2-1-3-15(18)20/h1-7,10H,8-9,11H2,(H,17,19). The average Bonchev–Trinajstić information content (AvgIpc) is 2.44. The van der Waals surface area contributed by atoms with Crippen molar-refractivity contribution in [3.63, 3.8) is 0 Å². The van der Waals surface area contributed by atoms with E-state index in [0.717, 1.165) is 5.56 Å². The van der Waals surface area contributed by atoms with E-state index in [9.17, 15) is 14.0 Å². The number of carbonyl (C=O) groups excluding carboxylic acids is 1. The van der Waals surface area contributed by atoms with Gasteiger partial charge in [0.25, 0.3) is 5.56 Å². The van der Waals surface area contributed by atoms with Crippen LogP contribution in [0.15, 0.2) is 53.5 Å². The number of halogens is 1. The highest BCUT2D eigenvalue weighted by Crippen LogP contribution is 2.02. The quantitative estimate of drug-likeness (QED) is 0.894. The van der Waals surface area contributed by atoms with Gasteiger partial charge in [0.2, 0.25) is 5.91 Å². The van der Waals surface area contributed by atoms with Crippen molar-refractivity contribution in [2.45, 2.75) is 13.0 Å². The van der Waals surface area contributed by atoms with E-state index in [-0.39, 0.29) is 23.8 Å². The van der Waals surface area contributed by atoms with E-state index in [1.165, 1.54) is 22.8 Å². The minimum atomic E-state index is -0.277. The summed E-state index contributed by atoms with van der Waals surface area (Å²) in [5.74, 6) is -0.498. The summed E-state index contributed by atoms with van der Waals surface area (Å²) in [5.41, 5.74) is 0.741. The van der Waals surface area contributed by atoms with Crippen molar-refractivity contribution in [1.82, 2.24) is 9.88 Å². The Hall–Kier alpha value is -2.43. The van der Waals surface area contributed by atoms with Gasteiger partial charge in [-0.15, -0.1) is 0 Å². The molecule has 1 N–H and O–H groups in total. The monoisotopic (exact) mass is 274 g/mol. The van der Waals surface area contributed by atoms with E-state index >= 15 is 0 Å². The number of carbonyl (C=O) groups is 1. The summed E-state index contributed by atoms with van der Waals surface area (Å²) in [6.45, 7) is 0.454. The zero-order chi connectivity index (χ0) is 14.4. The maximum Gasteiger partial charge on any atom is 0.250 e. The SMILES string of the molecule is O=C(Cn1ccccc1=O)NCCc1ccc(F)cc1. The molecule has 0 aliphatic rings. The summed E-state index contributed by atoms with van der Waals surface area (Å²) >= 11 is 0. The summed E-state index contributed by atoms with van der Waals surface area (Å²) in [7, 11) is 0. The van der Waals surface area contributed by atoms with Crippen LogP contribution < -0.4 is 10.9 Å². The van der Waals surface area contributed by atoms with Crippen molar-refractivity contribution < 1.29 is 9.18 Å². The van der Waals surface area contributed by atoms with Crippen LogP contribution in [0.3, 0.4) is 0 Å². The molecule has 2 rings (SSSR count). The van der Waals surface area contributed by atoms with E-state index < -0.39 is 0 Å². The van der Waals surface area contributed by atoms with Crippen LogP contribution in [-0.2, 0) is 17.8 Å². The van der Waals surface area contributed by atoms with Crippen molar-refractivity contribution >= 4 is 5.91 Å².